The van der Waals surface area contributed by atoms with E-state index in [1.165, 1.54) is 0 Å². The Labute approximate surface area is 157 Å². The smallest absolute Gasteiger partial charge is 0.223 e. The van der Waals surface area contributed by atoms with E-state index >= 15 is 0 Å². The number of benzene rings is 1. The van der Waals surface area contributed by atoms with Crippen LogP contribution in [0.3, 0.4) is 0 Å². The lowest BCUT2D eigenvalue weighted by atomic mass is 10.1. The Morgan fingerprint density at radius 1 is 1.27 bits per heavy atom. The number of aromatic nitrogens is 2. The number of nitrogens with one attached hydrogen (secondary N) is 1. The Morgan fingerprint density at radius 2 is 2.04 bits per heavy atom. The van der Waals surface area contributed by atoms with Gasteiger partial charge < -0.3 is 20.9 Å². The van der Waals surface area contributed by atoms with Crippen LogP contribution in [-0.2, 0) is 0 Å². The molecule has 2 atom stereocenters. The van der Waals surface area contributed by atoms with Crippen LogP contribution in [0.4, 0.5) is 11.8 Å². The van der Waals surface area contributed by atoms with E-state index in [2.05, 4.69) is 27.1 Å². The van der Waals surface area contributed by atoms with Gasteiger partial charge in [0.25, 0.3) is 0 Å². The molecule has 0 radical (unpaired) electrons. The molecule has 0 amide bonds. The molecule has 7 heteroatoms. The average molecular weight is 373 g/mol. The van der Waals surface area contributed by atoms with E-state index in [1.54, 1.807) is 7.11 Å². The van der Waals surface area contributed by atoms with Crippen LogP contribution in [0.1, 0.15) is 30.4 Å². The highest BCUT2D eigenvalue weighted by molar-refractivity contribution is 6.31. The molecule has 0 spiro atoms. The maximum Gasteiger partial charge on any atom is 0.223 e. The zero-order chi connectivity index (χ0) is 18.5. The van der Waals surface area contributed by atoms with Gasteiger partial charge in [0.1, 0.15) is 17.1 Å². The SMILES string of the molecule is COc1ccc(C#Cc2c(Cl)nc(N)nc2NC2CC[C@@H](CO)C2)cc1. The van der Waals surface area contributed by atoms with Gasteiger partial charge in [0, 0.05) is 18.2 Å². The lowest BCUT2D eigenvalue weighted by Gasteiger charge is -2.15. The van der Waals surface area contributed by atoms with E-state index in [4.69, 9.17) is 22.1 Å². The molecule has 1 aliphatic carbocycles. The maximum atomic E-state index is 9.31. The fourth-order valence-corrected chi connectivity index (χ4v) is 3.26. The molecule has 26 heavy (non-hydrogen) atoms. The molecule has 3 rings (SSSR count). The minimum atomic E-state index is 0.101. The van der Waals surface area contributed by atoms with Crippen LogP contribution >= 0.6 is 11.6 Å². The third kappa shape index (κ3) is 4.37. The zero-order valence-electron chi connectivity index (χ0n) is 14.5. The van der Waals surface area contributed by atoms with Gasteiger partial charge in [0.05, 0.1) is 7.11 Å². The molecule has 1 aromatic carbocycles. The number of aliphatic hydroxyl groups is 1. The summed E-state index contributed by atoms with van der Waals surface area (Å²) in [5.41, 5.74) is 7.09. The molecule has 4 N–H and O–H groups in total. The van der Waals surface area contributed by atoms with E-state index in [0.717, 1.165) is 30.6 Å². The van der Waals surface area contributed by atoms with Crippen LogP contribution in [-0.4, -0.2) is 34.8 Å². The third-order valence-electron chi connectivity index (χ3n) is 4.44. The molecule has 1 saturated carbocycles. The second-order valence-electron chi connectivity index (χ2n) is 6.28. The number of aliphatic hydroxyl groups excluding tert-OH is 1. The largest absolute Gasteiger partial charge is 0.497 e. The van der Waals surface area contributed by atoms with Crippen molar-refractivity contribution in [2.24, 2.45) is 5.92 Å². The summed E-state index contributed by atoms with van der Waals surface area (Å²) in [6.45, 7) is 0.203. The summed E-state index contributed by atoms with van der Waals surface area (Å²) in [6.07, 6.45) is 2.82. The van der Waals surface area contributed by atoms with Crippen molar-refractivity contribution in [1.29, 1.82) is 0 Å². The Kier molecular flexibility index (Phi) is 5.82. The molecule has 0 saturated heterocycles. The first-order valence-electron chi connectivity index (χ1n) is 8.45. The fourth-order valence-electron chi connectivity index (χ4n) is 3.04. The topological polar surface area (TPSA) is 93.3 Å². The predicted molar refractivity (Wildman–Crippen MR) is 102 cm³/mol. The second kappa shape index (κ2) is 8.26. The summed E-state index contributed by atoms with van der Waals surface area (Å²) in [7, 11) is 1.62. The summed E-state index contributed by atoms with van der Waals surface area (Å²) in [4.78, 5) is 8.28. The molecule has 1 aliphatic rings. The average Bonchev–Trinajstić information content (AvgIpc) is 3.09. The summed E-state index contributed by atoms with van der Waals surface area (Å²) in [5.74, 6) is 7.83. The Bertz CT molecular complexity index is 830. The molecule has 136 valence electrons. The number of anilines is 2. The minimum absolute atomic E-state index is 0.101. The number of nitrogens with zero attached hydrogens (tertiary/aromatic N) is 2. The molecule has 1 unspecified atom stereocenters. The number of nitrogens with two attached hydrogens (primary N) is 1. The van der Waals surface area contributed by atoms with Crippen molar-refractivity contribution in [3.05, 3.63) is 40.5 Å². The first-order chi connectivity index (χ1) is 12.6. The number of hydrogen-bond acceptors (Lipinski definition) is 6. The van der Waals surface area contributed by atoms with Crippen molar-refractivity contribution in [3.8, 4) is 17.6 Å². The maximum absolute atomic E-state index is 9.31. The van der Waals surface area contributed by atoms with Gasteiger partial charge >= 0.3 is 0 Å². The Balaban J connectivity index is 1.85. The van der Waals surface area contributed by atoms with E-state index in [9.17, 15) is 5.11 Å². The van der Waals surface area contributed by atoms with Crippen molar-refractivity contribution in [2.45, 2.75) is 25.3 Å². The zero-order valence-corrected chi connectivity index (χ0v) is 15.3. The van der Waals surface area contributed by atoms with Crippen molar-refractivity contribution >= 4 is 23.4 Å². The first kappa shape index (κ1) is 18.3. The predicted octanol–water partition coefficient (Wildman–Crippen LogP) is 2.69. The van der Waals surface area contributed by atoms with Crippen LogP contribution in [0.2, 0.25) is 5.15 Å². The summed E-state index contributed by atoms with van der Waals surface area (Å²) in [5, 5.41) is 12.9. The number of hydrogen-bond donors (Lipinski definition) is 3. The molecule has 0 aliphatic heterocycles. The van der Waals surface area contributed by atoms with Crippen LogP contribution < -0.4 is 15.8 Å². The molecular formula is C19H21ClN4O2. The van der Waals surface area contributed by atoms with Gasteiger partial charge in [-0.15, -0.1) is 0 Å². The molecule has 6 nitrogen and oxygen atoms in total. The number of methoxy groups -OCH3 is 1. The highest BCUT2D eigenvalue weighted by Crippen LogP contribution is 2.29. The van der Waals surface area contributed by atoms with Crippen LogP contribution in [0.5, 0.6) is 5.75 Å². The van der Waals surface area contributed by atoms with Gasteiger partial charge in [-0.3, -0.25) is 0 Å². The molecule has 0 bridgehead atoms. The number of ether oxygens (including phenoxy) is 1. The van der Waals surface area contributed by atoms with Crippen molar-refractivity contribution in [2.75, 3.05) is 24.8 Å². The number of nitrogen functional groups attached to an aromatic ring is 1. The highest BCUT2D eigenvalue weighted by Gasteiger charge is 2.25. The van der Waals surface area contributed by atoms with Crippen molar-refractivity contribution in [3.63, 3.8) is 0 Å². The Hall–Kier alpha value is -2.49. The van der Waals surface area contributed by atoms with E-state index in [0.29, 0.717) is 17.3 Å². The lowest BCUT2D eigenvalue weighted by Crippen LogP contribution is -2.19. The highest BCUT2D eigenvalue weighted by atomic mass is 35.5. The minimum Gasteiger partial charge on any atom is -0.497 e. The van der Waals surface area contributed by atoms with Crippen LogP contribution in [0.25, 0.3) is 0 Å². The summed E-state index contributed by atoms with van der Waals surface area (Å²) >= 11 is 6.26. The fraction of sp³-hybridized carbons (Fsp3) is 0.368. The second-order valence-corrected chi connectivity index (χ2v) is 6.64. The van der Waals surface area contributed by atoms with Gasteiger partial charge in [-0.05, 0) is 49.4 Å². The Morgan fingerprint density at radius 3 is 2.69 bits per heavy atom. The van der Waals surface area contributed by atoms with E-state index in [1.807, 2.05) is 24.3 Å². The third-order valence-corrected chi connectivity index (χ3v) is 4.72. The van der Waals surface area contributed by atoms with Gasteiger partial charge in [-0.25, -0.2) is 0 Å². The van der Waals surface area contributed by atoms with Crippen molar-refractivity contribution in [1.82, 2.24) is 9.97 Å². The number of halogens is 1. The number of rotatable bonds is 4. The molecule has 2 aromatic rings. The van der Waals surface area contributed by atoms with Gasteiger partial charge in [0.2, 0.25) is 5.95 Å². The standard InChI is InChI=1S/C19H21ClN4O2/c1-26-15-7-3-12(4-8-15)5-9-16-17(20)23-19(21)24-18(16)22-14-6-2-13(10-14)11-25/h3-4,7-8,13-14,25H,2,6,10-11H2,1H3,(H3,21,22,23,24)/t13-,14?/m1/s1. The molecule has 1 aromatic heterocycles. The monoisotopic (exact) mass is 372 g/mol. The van der Waals surface area contributed by atoms with Crippen molar-refractivity contribution < 1.29 is 9.84 Å². The summed E-state index contributed by atoms with van der Waals surface area (Å²) < 4.78 is 5.14. The summed E-state index contributed by atoms with van der Waals surface area (Å²) in [6, 6.07) is 7.64. The van der Waals surface area contributed by atoms with Gasteiger partial charge in [0.15, 0.2) is 5.15 Å². The molecular weight excluding hydrogens is 352 g/mol. The molecule has 1 fully saturated rings. The lowest BCUT2D eigenvalue weighted by molar-refractivity contribution is 0.229. The molecule has 1 heterocycles. The van der Waals surface area contributed by atoms with E-state index < -0.39 is 0 Å². The normalized spacial score (nSPS) is 18.9. The van der Waals surface area contributed by atoms with Crippen LogP contribution in [0.15, 0.2) is 24.3 Å². The van der Waals surface area contributed by atoms with Gasteiger partial charge in [-0.2, -0.15) is 9.97 Å². The van der Waals surface area contributed by atoms with E-state index in [-0.39, 0.29) is 23.8 Å². The first-order valence-corrected chi connectivity index (χ1v) is 8.83. The van der Waals surface area contributed by atoms with Crippen LogP contribution in [0, 0.1) is 17.8 Å². The van der Waals surface area contributed by atoms with Gasteiger partial charge in [-0.1, -0.05) is 23.4 Å². The quantitative estimate of drug-likeness (QED) is 0.564.